The molecule has 23 heavy (non-hydrogen) atoms. The Morgan fingerprint density at radius 3 is 2.74 bits per heavy atom. The molecule has 1 atom stereocenters. The summed E-state index contributed by atoms with van der Waals surface area (Å²) < 4.78 is 1.35. The fraction of sp³-hybridized carbons (Fsp3) is 0.500. The number of hydrogen-bond acceptors (Lipinski definition) is 4. The van der Waals surface area contributed by atoms with Gasteiger partial charge in [0.1, 0.15) is 5.82 Å². The van der Waals surface area contributed by atoms with Crippen LogP contribution in [0.1, 0.15) is 26.0 Å². The summed E-state index contributed by atoms with van der Waals surface area (Å²) in [5.74, 6) is 0.305. The third-order valence-electron chi connectivity index (χ3n) is 3.34. The second-order valence-corrected chi connectivity index (χ2v) is 5.49. The summed E-state index contributed by atoms with van der Waals surface area (Å²) in [5.41, 5.74) is 1.35. The van der Waals surface area contributed by atoms with Crippen LogP contribution in [0, 0.1) is 12.8 Å². The van der Waals surface area contributed by atoms with Gasteiger partial charge in [0.05, 0.1) is 11.6 Å². The number of nitrogens with one attached hydrogen (secondary N) is 2. The molecule has 2 heterocycles. The van der Waals surface area contributed by atoms with Gasteiger partial charge in [0, 0.05) is 24.2 Å². The minimum atomic E-state index is -0.415. The van der Waals surface area contributed by atoms with Crippen molar-refractivity contribution in [1.29, 1.82) is 0 Å². The quantitative estimate of drug-likeness (QED) is 0.818. The van der Waals surface area contributed by atoms with Crippen LogP contribution in [0.5, 0.6) is 0 Å². The Kier molecular flexibility index (Phi) is 5.49. The fourth-order valence-electron chi connectivity index (χ4n) is 2.24. The van der Waals surface area contributed by atoms with E-state index in [1.54, 1.807) is 19.9 Å². The number of alkyl halides is 1. The van der Waals surface area contributed by atoms with E-state index in [1.807, 2.05) is 6.92 Å². The van der Waals surface area contributed by atoms with Crippen LogP contribution >= 0.6 is 11.6 Å². The lowest BCUT2D eigenvalue weighted by molar-refractivity contribution is -0.119. The Balaban J connectivity index is 2.27. The Labute approximate surface area is 139 Å². The molecule has 1 aromatic rings. The highest BCUT2D eigenvalue weighted by Crippen LogP contribution is 2.17. The van der Waals surface area contributed by atoms with Gasteiger partial charge in [-0.05, 0) is 20.3 Å². The molecule has 0 bridgehead atoms. The second-order valence-electron chi connectivity index (χ2n) is 5.12. The van der Waals surface area contributed by atoms with Gasteiger partial charge < -0.3 is 5.32 Å². The molecule has 0 spiro atoms. The molecule has 1 unspecified atom stereocenters. The lowest BCUT2D eigenvalue weighted by atomic mass is 10.00. The molecule has 1 aromatic heterocycles. The van der Waals surface area contributed by atoms with Gasteiger partial charge in [-0.1, -0.05) is 6.92 Å². The summed E-state index contributed by atoms with van der Waals surface area (Å²) in [6, 6.07) is 1.26. The van der Waals surface area contributed by atoms with E-state index in [9.17, 15) is 9.59 Å². The van der Waals surface area contributed by atoms with Gasteiger partial charge in [-0.25, -0.2) is 9.79 Å². The highest BCUT2D eigenvalue weighted by Gasteiger charge is 2.26. The van der Waals surface area contributed by atoms with Gasteiger partial charge in [-0.3, -0.25) is 10.1 Å². The maximum absolute atomic E-state index is 12.1. The van der Waals surface area contributed by atoms with Crippen molar-refractivity contribution in [1.82, 2.24) is 15.1 Å². The van der Waals surface area contributed by atoms with E-state index in [-0.39, 0.29) is 17.8 Å². The number of halogens is 1. The molecule has 1 aliphatic heterocycles. The first-order valence-electron chi connectivity index (χ1n) is 7.31. The molecule has 124 valence electrons. The van der Waals surface area contributed by atoms with Crippen LogP contribution in [0.3, 0.4) is 0 Å². The van der Waals surface area contributed by atoms with Crippen LogP contribution < -0.4 is 10.6 Å². The lowest BCUT2D eigenvalue weighted by Gasteiger charge is -2.17. The van der Waals surface area contributed by atoms with Crippen LogP contribution in [0.2, 0.25) is 0 Å². The lowest BCUT2D eigenvalue weighted by Crippen LogP contribution is -2.33. The maximum atomic E-state index is 12.1. The highest BCUT2D eigenvalue weighted by atomic mass is 35.5. The van der Waals surface area contributed by atoms with E-state index < -0.39 is 6.03 Å². The number of hydrogen-bond donors (Lipinski definition) is 2. The number of carbonyl (C=O) groups is 2. The van der Waals surface area contributed by atoms with E-state index in [2.05, 4.69) is 25.7 Å². The van der Waals surface area contributed by atoms with Crippen molar-refractivity contribution in [3.05, 3.63) is 11.8 Å². The molecular formula is C14H19ClN6O2. The van der Waals surface area contributed by atoms with Crippen molar-refractivity contribution < 1.29 is 9.59 Å². The monoisotopic (exact) mass is 338 g/mol. The number of nitrogens with zero attached hydrogens (tertiary/aromatic N) is 4. The van der Waals surface area contributed by atoms with Crippen LogP contribution in [0.4, 0.5) is 10.6 Å². The van der Waals surface area contributed by atoms with E-state index in [0.717, 1.165) is 0 Å². The standard InChI is InChI=1S/C14H19ClN6O2/c1-4-10-9(3)17-13(19-12(10)22)21-11(7-8(2)20-21)18-14(23)16-6-5-15/h7,10H,4-6H2,1-3H3,(H2,16,18,23). The number of aryl methyl sites for hydroxylation is 1. The van der Waals surface area contributed by atoms with Crippen LogP contribution in [-0.2, 0) is 4.79 Å². The molecule has 0 saturated carbocycles. The van der Waals surface area contributed by atoms with Gasteiger partial charge in [-0.2, -0.15) is 14.8 Å². The Morgan fingerprint density at radius 1 is 1.39 bits per heavy atom. The van der Waals surface area contributed by atoms with Crippen LogP contribution in [-0.4, -0.2) is 45.8 Å². The molecule has 0 aliphatic carbocycles. The second kappa shape index (κ2) is 7.36. The van der Waals surface area contributed by atoms with Crippen molar-refractivity contribution >= 4 is 41.0 Å². The predicted octanol–water partition coefficient (Wildman–Crippen LogP) is 1.78. The van der Waals surface area contributed by atoms with Crippen molar-refractivity contribution in [2.75, 3.05) is 17.7 Å². The van der Waals surface area contributed by atoms with Gasteiger partial charge in [0.2, 0.25) is 0 Å². The highest BCUT2D eigenvalue weighted by molar-refractivity contribution is 6.18. The fourth-order valence-corrected chi connectivity index (χ4v) is 2.34. The first kappa shape index (κ1) is 17.1. The van der Waals surface area contributed by atoms with E-state index >= 15 is 0 Å². The zero-order valence-corrected chi connectivity index (χ0v) is 14.0. The number of carbonyl (C=O) groups excluding carboxylic acids is 2. The van der Waals surface area contributed by atoms with Crippen molar-refractivity contribution in [2.24, 2.45) is 15.9 Å². The van der Waals surface area contributed by atoms with Gasteiger partial charge in [0.15, 0.2) is 0 Å². The van der Waals surface area contributed by atoms with Crippen molar-refractivity contribution in [2.45, 2.75) is 27.2 Å². The Morgan fingerprint density at radius 2 is 2.13 bits per heavy atom. The summed E-state index contributed by atoms with van der Waals surface area (Å²) >= 11 is 5.53. The summed E-state index contributed by atoms with van der Waals surface area (Å²) in [6.07, 6.45) is 0.648. The molecule has 8 nitrogen and oxygen atoms in total. The van der Waals surface area contributed by atoms with Crippen molar-refractivity contribution in [3.8, 4) is 0 Å². The molecular weight excluding hydrogens is 320 g/mol. The summed E-state index contributed by atoms with van der Waals surface area (Å²) in [4.78, 5) is 32.2. The number of rotatable bonds is 4. The number of amides is 3. The SMILES string of the molecule is CCC1C(=O)N=C(n2nc(C)cc2NC(=O)NCCCl)N=C1C. The number of aliphatic imine (C=N–C) groups is 2. The molecule has 2 N–H and O–H groups in total. The topological polar surface area (TPSA) is 101 Å². The molecule has 0 saturated heterocycles. The molecule has 2 rings (SSSR count). The van der Waals surface area contributed by atoms with Crippen molar-refractivity contribution in [3.63, 3.8) is 0 Å². The summed E-state index contributed by atoms with van der Waals surface area (Å²) in [7, 11) is 0. The first-order valence-corrected chi connectivity index (χ1v) is 7.85. The van der Waals surface area contributed by atoms with E-state index in [1.165, 1.54) is 4.68 Å². The van der Waals surface area contributed by atoms with Gasteiger partial charge in [0.25, 0.3) is 11.9 Å². The average molecular weight is 339 g/mol. The minimum Gasteiger partial charge on any atom is -0.337 e. The summed E-state index contributed by atoms with van der Waals surface area (Å²) in [5, 5.41) is 9.48. The number of aromatic nitrogens is 2. The molecule has 9 heteroatoms. The third kappa shape index (κ3) is 3.95. The summed E-state index contributed by atoms with van der Waals surface area (Å²) in [6.45, 7) is 5.82. The van der Waals surface area contributed by atoms with Gasteiger partial charge in [-0.15, -0.1) is 11.6 Å². The predicted molar refractivity (Wildman–Crippen MR) is 89.4 cm³/mol. The smallest absolute Gasteiger partial charge is 0.320 e. The zero-order valence-electron chi connectivity index (χ0n) is 13.3. The minimum absolute atomic E-state index is 0.151. The Bertz CT molecular complexity index is 679. The molecule has 0 aromatic carbocycles. The van der Waals surface area contributed by atoms with Crippen LogP contribution in [0.25, 0.3) is 0 Å². The third-order valence-corrected chi connectivity index (χ3v) is 3.53. The zero-order chi connectivity index (χ0) is 17.0. The number of urea groups is 1. The average Bonchev–Trinajstić information content (AvgIpc) is 2.85. The van der Waals surface area contributed by atoms with Gasteiger partial charge >= 0.3 is 6.03 Å². The molecule has 1 aliphatic rings. The molecule has 0 radical (unpaired) electrons. The maximum Gasteiger partial charge on any atom is 0.320 e. The first-order chi connectivity index (χ1) is 11.0. The molecule has 3 amide bonds. The van der Waals surface area contributed by atoms with E-state index in [0.29, 0.717) is 36.1 Å². The molecule has 0 fully saturated rings. The Hall–Kier alpha value is -2.22. The van der Waals surface area contributed by atoms with E-state index in [4.69, 9.17) is 11.6 Å². The number of anilines is 1. The largest absolute Gasteiger partial charge is 0.337 e. The van der Waals surface area contributed by atoms with Crippen LogP contribution in [0.15, 0.2) is 16.1 Å². The normalized spacial score (nSPS) is 17.6.